The van der Waals surface area contributed by atoms with Crippen molar-refractivity contribution in [2.24, 2.45) is 5.92 Å². The van der Waals surface area contributed by atoms with Gasteiger partial charge in [-0.25, -0.2) is 4.98 Å². The predicted molar refractivity (Wildman–Crippen MR) is 90.8 cm³/mol. The average molecular weight is 289 g/mol. The Morgan fingerprint density at radius 2 is 2.00 bits per heavy atom. The first-order valence-electron chi connectivity index (χ1n) is 8.35. The van der Waals surface area contributed by atoms with Crippen LogP contribution in [0.15, 0.2) is 12.1 Å². The van der Waals surface area contributed by atoms with Gasteiger partial charge in [0.25, 0.3) is 0 Å². The molecule has 118 valence electrons. The number of hydrogen-bond donors (Lipinski definition) is 1. The molecule has 21 heavy (non-hydrogen) atoms. The molecule has 3 nitrogen and oxygen atoms in total. The maximum atomic E-state index is 4.78. The summed E-state index contributed by atoms with van der Waals surface area (Å²) in [5.74, 6) is 2.06. The van der Waals surface area contributed by atoms with E-state index < -0.39 is 0 Å². The molecule has 1 fully saturated rings. The zero-order valence-electron chi connectivity index (χ0n) is 14.4. The van der Waals surface area contributed by atoms with Gasteiger partial charge >= 0.3 is 0 Å². The van der Waals surface area contributed by atoms with E-state index in [9.17, 15) is 0 Å². The minimum atomic E-state index is 0.147. The number of aromatic nitrogens is 1. The number of anilines is 1. The highest BCUT2D eigenvalue weighted by molar-refractivity contribution is 5.43. The van der Waals surface area contributed by atoms with E-state index >= 15 is 0 Å². The lowest BCUT2D eigenvalue weighted by atomic mass is 10.1. The first-order chi connectivity index (χ1) is 9.87. The second-order valence-corrected chi connectivity index (χ2v) is 7.47. The van der Waals surface area contributed by atoms with E-state index in [0.29, 0.717) is 0 Å². The number of rotatable bonds is 7. The molecule has 1 heterocycles. The second kappa shape index (κ2) is 6.78. The first kappa shape index (κ1) is 16.3. The zero-order valence-corrected chi connectivity index (χ0v) is 14.4. The largest absolute Gasteiger partial charge is 0.356 e. The quantitative estimate of drug-likeness (QED) is 0.825. The lowest BCUT2D eigenvalue weighted by Gasteiger charge is -2.25. The lowest BCUT2D eigenvalue weighted by Crippen LogP contribution is -2.35. The summed E-state index contributed by atoms with van der Waals surface area (Å²) < 4.78 is 0. The van der Waals surface area contributed by atoms with Gasteiger partial charge in [-0.3, -0.25) is 0 Å². The van der Waals surface area contributed by atoms with Crippen molar-refractivity contribution in [1.29, 1.82) is 0 Å². The van der Waals surface area contributed by atoms with E-state index in [0.717, 1.165) is 30.5 Å². The maximum Gasteiger partial charge on any atom is 0.129 e. The summed E-state index contributed by atoms with van der Waals surface area (Å²) >= 11 is 0. The van der Waals surface area contributed by atoms with Gasteiger partial charge in [0.1, 0.15) is 5.82 Å². The zero-order chi connectivity index (χ0) is 15.5. The van der Waals surface area contributed by atoms with Crippen molar-refractivity contribution < 1.29 is 0 Å². The fourth-order valence-corrected chi connectivity index (χ4v) is 2.53. The maximum absolute atomic E-state index is 4.78. The standard InChI is InChI=1S/C18H31N3/c1-6-9-21(13-15-7-8-15)17-11-16(10-14(2)20-17)12-19-18(3,4)5/h10-11,15,19H,6-9,12-13H2,1-5H3. The van der Waals surface area contributed by atoms with Gasteiger partial charge in [-0.1, -0.05) is 6.92 Å². The third kappa shape index (κ3) is 5.66. The highest BCUT2D eigenvalue weighted by Crippen LogP contribution is 2.31. The molecule has 0 spiro atoms. The van der Waals surface area contributed by atoms with Gasteiger partial charge in [-0.05, 0) is 70.6 Å². The Kier molecular flexibility index (Phi) is 5.26. The molecule has 1 saturated carbocycles. The molecule has 1 aromatic heterocycles. The highest BCUT2D eigenvalue weighted by atomic mass is 15.2. The molecule has 0 amide bonds. The summed E-state index contributed by atoms with van der Waals surface area (Å²) in [5.41, 5.74) is 2.61. The fraction of sp³-hybridized carbons (Fsp3) is 0.722. The van der Waals surface area contributed by atoms with Gasteiger partial charge in [0.2, 0.25) is 0 Å². The first-order valence-corrected chi connectivity index (χ1v) is 8.35. The van der Waals surface area contributed by atoms with Crippen LogP contribution in [-0.2, 0) is 6.54 Å². The predicted octanol–water partition coefficient (Wildman–Crippen LogP) is 3.90. The Hall–Kier alpha value is -1.09. The van der Waals surface area contributed by atoms with Crippen LogP contribution >= 0.6 is 0 Å². The molecule has 0 aliphatic heterocycles. The SMILES string of the molecule is CCCN(CC1CC1)c1cc(CNC(C)(C)C)cc(C)n1. The van der Waals surface area contributed by atoms with Gasteiger partial charge in [0, 0.05) is 30.9 Å². The molecule has 0 atom stereocenters. The molecule has 1 aromatic rings. The van der Waals surface area contributed by atoms with Crippen molar-refractivity contribution in [2.75, 3.05) is 18.0 Å². The van der Waals surface area contributed by atoms with Gasteiger partial charge in [0.05, 0.1) is 0 Å². The van der Waals surface area contributed by atoms with Crippen LogP contribution in [0.2, 0.25) is 0 Å². The lowest BCUT2D eigenvalue weighted by molar-refractivity contribution is 0.424. The van der Waals surface area contributed by atoms with E-state index in [1.54, 1.807) is 0 Å². The molecular formula is C18H31N3. The number of nitrogens with one attached hydrogen (secondary N) is 1. The van der Waals surface area contributed by atoms with Crippen molar-refractivity contribution in [3.8, 4) is 0 Å². The van der Waals surface area contributed by atoms with Gasteiger partial charge in [-0.15, -0.1) is 0 Å². The van der Waals surface area contributed by atoms with Crippen LogP contribution in [0.5, 0.6) is 0 Å². The van der Waals surface area contributed by atoms with Crippen molar-refractivity contribution in [3.63, 3.8) is 0 Å². The molecule has 1 N–H and O–H groups in total. The number of nitrogens with zero attached hydrogens (tertiary/aromatic N) is 2. The van der Waals surface area contributed by atoms with Crippen LogP contribution in [0.1, 0.15) is 58.2 Å². The van der Waals surface area contributed by atoms with Crippen LogP contribution in [-0.4, -0.2) is 23.6 Å². The third-order valence-electron chi connectivity index (χ3n) is 3.82. The molecule has 1 aliphatic rings. The van der Waals surface area contributed by atoms with Crippen molar-refractivity contribution in [3.05, 3.63) is 23.4 Å². The monoisotopic (exact) mass is 289 g/mol. The van der Waals surface area contributed by atoms with Crippen LogP contribution in [0.4, 0.5) is 5.82 Å². The summed E-state index contributed by atoms with van der Waals surface area (Å²) in [4.78, 5) is 7.25. The Labute approximate surface area is 130 Å². The smallest absolute Gasteiger partial charge is 0.129 e. The summed E-state index contributed by atoms with van der Waals surface area (Å²) in [6.45, 7) is 14.2. The van der Waals surface area contributed by atoms with Crippen molar-refractivity contribution >= 4 is 5.82 Å². The van der Waals surface area contributed by atoms with Crippen LogP contribution < -0.4 is 10.2 Å². The van der Waals surface area contributed by atoms with Gasteiger partial charge in [0.15, 0.2) is 0 Å². The van der Waals surface area contributed by atoms with E-state index in [4.69, 9.17) is 4.98 Å². The molecule has 3 heteroatoms. The summed E-state index contributed by atoms with van der Waals surface area (Å²) in [7, 11) is 0. The van der Waals surface area contributed by atoms with Crippen molar-refractivity contribution in [1.82, 2.24) is 10.3 Å². The average Bonchev–Trinajstić information content (AvgIpc) is 3.18. The molecule has 0 bridgehead atoms. The Bertz CT molecular complexity index is 458. The molecule has 0 aromatic carbocycles. The normalized spacial score (nSPS) is 15.3. The van der Waals surface area contributed by atoms with Gasteiger partial charge < -0.3 is 10.2 Å². The molecule has 2 rings (SSSR count). The van der Waals surface area contributed by atoms with Gasteiger partial charge in [-0.2, -0.15) is 0 Å². The molecular weight excluding hydrogens is 258 g/mol. The number of aryl methyl sites for hydroxylation is 1. The number of pyridine rings is 1. The molecule has 0 unspecified atom stereocenters. The minimum absolute atomic E-state index is 0.147. The third-order valence-corrected chi connectivity index (χ3v) is 3.82. The van der Waals surface area contributed by atoms with E-state index in [1.165, 1.54) is 31.4 Å². The van der Waals surface area contributed by atoms with E-state index in [1.807, 2.05) is 0 Å². The Morgan fingerprint density at radius 3 is 2.57 bits per heavy atom. The van der Waals surface area contributed by atoms with E-state index in [-0.39, 0.29) is 5.54 Å². The Balaban J connectivity index is 2.11. The topological polar surface area (TPSA) is 28.2 Å². The second-order valence-electron chi connectivity index (χ2n) is 7.47. The summed E-state index contributed by atoms with van der Waals surface area (Å²) in [6.07, 6.45) is 3.97. The van der Waals surface area contributed by atoms with Crippen LogP contribution in [0.25, 0.3) is 0 Å². The molecule has 0 radical (unpaired) electrons. The van der Waals surface area contributed by atoms with Crippen LogP contribution in [0, 0.1) is 12.8 Å². The molecule has 1 aliphatic carbocycles. The van der Waals surface area contributed by atoms with Crippen LogP contribution in [0.3, 0.4) is 0 Å². The fourth-order valence-electron chi connectivity index (χ4n) is 2.53. The highest BCUT2D eigenvalue weighted by Gasteiger charge is 2.24. The summed E-state index contributed by atoms with van der Waals surface area (Å²) in [5, 5.41) is 3.57. The Morgan fingerprint density at radius 1 is 1.29 bits per heavy atom. The molecule has 0 saturated heterocycles. The summed E-state index contributed by atoms with van der Waals surface area (Å²) in [6, 6.07) is 4.47. The van der Waals surface area contributed by atoms with Crippen molar-refractivity contribution in [2.45, 2.75) is 66.0 Å². The minimum Gasteiger partial charge on any atom is -0.356 e. The number of hydrogen-bond acceptors (Lipinski definition) is 3. The van der Waals surface area contributed by atoms with E-state index in [2.05, 4.69) is 57.0 Å².